The zero-order valence-corrected chi connectivity index (χ0v) is 11.9. The Labute approximate surface area is 116 Å². The third-order valence-corrected chi connectivity index (χ3v) is 3.31. The van der Waals surface area contributed by atoms with Crippen molar-refractivity contribution in [1.29, 1.82) is 0 Å². The molecule has 1 amide bonds. The zero-order valence-electron chi connectivity index (χ0n) is 11.9. The highest BCUT2D eigenvalue weighted by atomic mass is 16.3. The van der Waals surface area contributed by atoms with Crippen molar-refractivity contribution in [2.24, 2.45) is 5.92 Å². The molecule has 3 heteroatoms. The molecular formula is C16H25NO2. The van der Waals surface area contributed by atoms with Crippen LogP contribution in [0.1, 0.15) is 51.2 Å². The number of hydrogen-bond donors (Lipinski definition) is 2. The van der Waals surface area contributed by atoms with Gasteiger partial charge < -0.3 is 10.4 Å². The molecule has 0 aromatic heterocycles. The van der Waals surface area contributed by atoms with E-state index in [0.29, 0.717) is 13.0 Å². The van der Waals surface area contributed by atoms with Crippen molar-refractivity contribution in [3.8, 4) is 0 Å². The number of hydrogen-bond acceptors (Lipinski definition) is 2. The van der Waals surface area contributed by atoms with Crippen LogP contribution in [0.25, 0.3) is 0 Å². The van der Waals surface area contributed by atoms with E-state index in [1.165, 1.54) is 0 Å². The van der Waals surface area contributed by atoms with Gasteiger partial charge in [-0.25, -0.2) is 0 Å². The topological polar surface area (TPSA) is 49.3 Å². The normalized spacial score (nSPS) is 13.8. The summed E-state index contributed by atoms with van der Waals surface area (Å²) in [5.41, 5.74) is 0.898. The second-order valence-electron chi connectivity index (χ2n) is 5.09. The average Bonchev–Trinajstić information content (AvgIpc) is 2.45. The van der Waals surface area contributed by atoms with Crippen molar-refractivity contribution in [3.63, 3.8) is 0 Å². The minimum atomic E-state index is -0.530. The Morgan fingerprint density at radius 2 is 1.95 bits per heavy atom. The number of amides is 1. The predicted octanol–water partition coefficient (Wildman–Crippen LogP) is 3.05. The molecule has 0 heterocycles. The minimum absolute atomic E-state index is 0.0116. The summed E-state index contributed by atoms with van der Waals surface area (Å²) in [5, 5.41) is 13.1. The minimum Gasteiger partial charge on any atom is -0.388 e. The first-order valence-corrected chi connectivity index (χ1v) is 7.14. The molecule has 0 saturated carbocycles. The maximum atomic E-state index is 11.6. The van der Waals surface area contributed by atoms with Gasteiger partial charge in [0, 0.05) is 18.9 Å². The number of carbonyl (C=O) groups is 1. The molecule has 106 valence electrons. The number of benzene rings is 1. The second kappa shape index (κ2) is 8.70. The molecular weight excluding hydrogens is 238 g/mol. The van der Waals surface area contributed by atoms with Crippen molar-refractivity contribution in [1.82, 2.24) is 5.32 Å². The Bertz CT molecular complexity index is 364. The van der Waals surface area contributed by atoms with Crippen LogP contribution >= 0.6 is 0 Å². The van der Waals surface area contributed by atoms with E-state index in [9.17, 15) is 9.90 Å². The largest absolute Gasteiger partial charge is 0.388 e. The van der Waals surface area contributed by atoms with Gasteiger partial charge in [0.05, 0.1) is 6.10 Å². The van der Waals surface area contributed by atoms with Gasteiger partial charge in [0.2, 0.25) is 5.91 Å². The molecule has 1 aromatic carbocycles. The molecule has 0 radical (unpaired) electrons. The Balaban J connectivity index is 2.31. The van der Waals surface area contributed by atoms with Crippen LogP contribution < -0.4 is 5.32 Å². The van der Waals surface area contributed by atoms with E-state index in [0.717, 1.165) is 24.8 Å². The van der Waals surface area contributed by atoms with Gasteiger partial charge >= 0.3 is 0 Å². The van der Waals surface area contributed by atoms with Crippen LogP contribution in [0.2, 0.25) is 0 Å². The molecule has 2 unspecified atom stereocenters. The quantitative estimate of drug-likeness (QED) is 0.708. The van der Waals surface area contributed by atoms with Crippen LogP contribution in [-0.4, -0.2) is 17.6 Å². The number of nitrogens with one attached hydrogen (secondary N) is 1. The van der Waals surface area contributed by atoms with Crippen molar-refractivity contribution in [2.75, 3.05) is 6.54 Å². The monoisotopic (exact) mass is 263 g/mol. The number of unbranched alkanes of at least 4 members (excludes halogenated alkanes) is 2. The first kappa shape index (κ1) is 15.7. The lowest BCUT2D eigenvalue weighted by atomic mass is 9.97. The second-order valence-corrected chi connectivity index (χ2v) is 5.09. The molecule has 2 atom stereocenters. The van der Waals surface area contributed by atoms with Crippen molar-refractivity contribution in [3.05, 3.63) is 35.9 Å². The number of carbonyl (C=O) groups excluding carboxylic acids is 1. The maximum absolute atomic E-state index is 11.6. The Morgan fingerprint density at radius 3 is 2.58 bits per heavy atom. The summed E-state index contributed by atoms with van der Waals surface area (Å²) in [5.74, 6) is 0.0955. The van der Waals surface area contributed by atoms with E-state index in [4.69, 9.17) is 0 Å². The van der Waals surface area contributed by atoms with Crippen molar-refractivity contribution >= 4 is 5.91 Å². The summed E-state index contributed by atoms with van der Waals surface area (Å²) in [7, 11) is 0. The summed E-state index contributed by atoms with van der Waals surface area (Å²) in [6, 6.07) is 9.56. The Hall–Kier alpha value is -1.35. The first-order chi connectivity index (χ1) is 9.15. The number of aliphatic hydroxyl groups is 1. The van der Waals surface area contributed by atoms with Crippen LogP contribution in [0.3, 0.4) is 0 Å². The molecule has 0 aliphatic heterocycles. The summed E-state index contributed by atoms with van der Waals surface area (Å²) < 4.78 is 0. The number of aliphatic hydroxyl groups excluding tert-OH is 1. The van der Waals surface area contributed by atoms with Crippen LogP contribution in [-0.2, 0) is 4.79 Å². The summed E-state index contributed by atoms with van der Waals surface area (Å²) in [4.78, 5) is 11.6. The highest BCUT2D eigenvalue weighted by Gasteiger charge is 2.16. The molecule has 0 aliphatic rings. The highest BCUT2D eigenvalue weighted by Crippen LogP contribution is 2.20. The van der Waals surface area contributed by atoms with Gasteiger partial charge in [0.15, 0.2) is 0 Å². The lowest BCUT2D eigenvalue weighted by Gasteiger charge is -2.19. The molecule has 0 aliphatic carbocycles. The standard InChI is InChI=1S/C16H25NO2/c1-3-4-6-11-15(18)17-12-13(2)16(19)14-9-7-5-8-10-14/h5,7-10,13,16,19H,3-4,6,11-12H2,1-2H3,(H,17,18). The highest BCUT2D eigenvalue weighted by molar-refractivity contribution is 5.75. The zero-order chi connectivity index (χ0) is 14.1. The van der Waals surface area contributed by atoms with Gasteiger partial charge in [-0.2, -0.15) is 0 Å². The summed E-state index contributed by atoms with van der Waals surface area (Å²) in [6.45, 7) is 4.58. The average molecular weight is 263 g/mol. The molecule has 1 aromatic rings. The van der Waals surface area contributed by atoms with Crippen molar-refractivity contribution in [2.45, 2.75) is 45.6 Å². The van der Waals surface area contributed by atoms with Gasteiger partial charge in [-0.3, -0.25) is 4.79 Å². The first-order valence-electron chi connectivity index (χ1n) is 7.14. The number of rotatable bonds is 8. The lowest BCUT2D eigenvalue weighted by molar-refractivity contribution is -0.121. The van der Waals surface area contributed by atoms with E-state index in [-0.39, 0.29) is 11.8 Å². The summed E-state index contributed by atoms with van der Waals surface area (Å²) in [6.07, 6.45) is 3.21. The maximum Gasteiger partial charge on any atom is 0.220 e. The third-order valence-electron chi connectivity index (χ3n) is 3.31. The van der Waals surface area contributed by atoms with Crippen LogP contribution in [0.4, 0.5) is 0 Å². The van der Waals surface area contributed by atoms with Gasteiger partial charge in [0.25, 0.3) is 0 Å². The van der Waals surface area contributed by atoms with Gasteiger partial charge in [-0.1, -0.05) is 57.0 Å². The molecule has 19 heavy (non-hydrogen) atoms. The van der Waals surface area contributed by atoms with Crippen LogP contribution in [0.15, 0.2) is 30.3 Å². The van der Waals surface area contributed by atoms with E-state index in [1.807, 2.05) is 37.3 Å². The van der Waals surface area contributed by atoms with E-state index in [1.54, 1.807) is 0 Å². The molecule has 0 fully saturated rings. The summed E-state index contributed by atoms with van der Waals surface area (Å²) >= 11 is 0. The van der Waals surface area contributed by atoms with Crippen LogP contribution in [0, 0.1) is 5.92 Å². The van der Waals surface area contributed by atoms with E-state index in [2.05, 4.69) is 12.2 Å². The molecule has 0 saturated heterocycles. The smallest absolute Gasteiger partial charge is 0.220 e. The molecule has 1 rings (SSSR count). The van der Waals surface area contributed by atoms with Gasteiger partial charge in [0.1, 0.15) is 0 Å². The lowest BCUT2D eigenvalue weighted by Crippen LogP contribution is -2.30. The predicted molar refractivity (Wildman–Crippen MR) is 77.7 cm³/mol. The molecule has 0 bridgehead atoms. The SMILES string of the molecule is CCCCCC(=O)NCC(C)C(O)c1ccccc1. The van der Waals surface area contributed by atoms with E-state index < -0.39 is 6.10 Å². The fraction of sp³-hybridized carbons (Fsp3) is 0.562. The van der Waals surface area contributed by atoms with E-state index >= 15 is 0 Å². The van der Waals surface area contributed by atoms with Crippen molar-refractivity contribution < 1.29 is 9.90 Å². The fourth-order valence-corrected chi connectivity index (χ4v) is 1.99. The van der Waals surface area contributed by atoms with Gasteiger partial charge in [-0.15, -0.1) is 0 Å². The molecule has 0 spiro atoms. The Morgan fingerprint density at radius 1 is 1.26 bits per heavy atom. The molecule has 2 N–H and O–H groups in total. The fourth-order valence-electron chi connectivity index (χ4n) is 1.99. The van der Waals surface area contributed by atoms with Crippen LogP contribution in [0.5, 0.6) is 0 Å². The van der Waals surface area contributed by atoms with Gasteiger partial charge in [-0.05, 0) is 12.0 Å². The Kier molecular flexibility index (Phi) is 7.19. The molecule has 3 nitrogen and oxygen atoms in total. The third kappa shape index (κ3) is 5.88.